The van der Waals surface area contributed by atoms with Gasteiger partial charge in [0.2, 0.25) is 0 Å². The molecule has 0 spiro atoms. The molecule has 25 heavy (non-hydrogen) atoms. The molecule has 0 fully saturated rings. The van der Waals surface area contributed by atoms with Crippen molar-refractivity contribution in [3.63, 3.8) is 0 Å². The minimum absolute atomic E-state index is 0.0679. The number of carbonyl (C=O) groups is 1. The van der Waals surface area contributed by atoms with E-state index in [1.54, 1.807) is 6.33 Å². The third-order valence-electron chi connectivity index (χ3n) is 3.99. The molecule has 1 aromatic heterocycles. The maximum atomic E-state index is 12.4. The zero-order valence-electron chi connectivity index (χ0n) is 14.3. The Balaban J connectivity index is 1.65. The zero-order chi connectivity index (χ0) is 17.8. The van der Waals surface area contributed by atoms with E-state index in [9.17, 15) is 4.79 Å². The molecule has 0 aliphatic rings. The first-order valence-electron chi connectivity index (χ1n) is 8.07. The third-order valence-corrected chi connectivity index (χ3v) is 4.22. The molecular formula is C20H20ClN3O. The second-order valence-electron chi connectivity index (χ2n) is 6.21. The van der Waals surface area contributed by atoms with E-state index in [4.69, 9.17) is 11.6 Å². The minimum atomic E-state index is 0.0679. The van der Waals surface area contributed by atoms with Gasteiger partial charge in [-0.15, -0.1) is 0 Å². The smallest absolute Gasteiger partial charge is 0.168 e. The van der Waals surface area contributed by atoms with Crippen LogP contribution in [-0.2, 0) is 13.0 Å². The Kier molecular flexibility index (Phi) is 5.19. The van der Waals surface area contributed by atoms with E-state index in [0.29, 0.717) is 23.6 Å². The number of hydrogen-bond donors (Lipinski definition) is 0. The number of Topliss-reactive ketones (excluding diaryl/α,β-unsaturated/α-hetero) is 1. The Morgan fingerprint density at radius 2 is 1.92 bits per heavy atom. The fourth-order valence-electron chi connectivity index (χ4n) is 2.64. The molecule has 2 aromatic carbocycles. The summed E-state index contributed by atoms with van der Waals surface area (Å²) in [7, 11) is 3.95. The third kappa shape index (κ3) is 4.48. The van der Waals surface area contributed by atoms with Crippen molar-refractivity contribution in [1.29, 1.82) is 0 Å². The Hall–Kier alpha value is -2.59. The van der Waals surface area contributed by atoms with Crippen molar-refractivity contribution in [3.05, 3.63) is 82.9 Å². The van der Waals surface area contributed by atoms with E-state index in [1.807, 2.05) is 78.3 Å². The molecule has 0 N–H and O–H groups in total. The number of aromatic nitrogens is 2. The fourth-order valence-corrected chi connectivity index (χ4v) is 2.86. The van der Waals surface area contributed by atoms with Gasteiger partial charge in [0.25, 0.3) is 0 Å². The molecule has 128 valence electrons. The number of anilines is 1. The highest BCUT2D eigenvalue weighted by atomic mass is 35.5. The lowest BCUT2D eigenvalue weighted by molar-refractivity contribution is 0.0992. The Morgan fingerprint density at radius 3 is 2.60 bits per heavy atom. The van der Waals surface area contributed by atoms with Crippen LogP contribution in [0.4, 0.5) is 5.69 Å². The van der Waals surface area contributed by atoms with Gasteiger partial charge in [-0.1, -0.05) is 23.7 Å². The molecule has 0 unspecified atom stereocenters. The highest BCUT2D eigenvalue weighted by molar-refractivity contribution is 6.30. The van der Waals surface area contributed by atoms with Gasteiger partial charge in [0, 0.05) is 43.1 Å². The standard InChI is InChI=1S/C20H20ClN3O/c1-23(2)19-8-6-16(7-9-19)20(25)11-18-13-24(14-22-18)12-15-4-3-5-17(21)10-15/h3-10,13-14H,11-12H2,1-2H3. The topological polar surface area (TPSA) is 38.1 Å². The molecule has 0 radical (unpaired) electrons. The molecule has 0 aliphatic carbocycles. The first kappa shape index (κ1) is 17.2. The number of imidazole rings is 1. The minimum Gasteiger partial charge on any atom is -0.378 e. The molecule has 3 aromatic rings. The summed E-state index contributed by atoms with van der Waals surface area (Å²) in [6.07, 6.45) is 3.95. The van der Waals surface area contributed by atoms with Crippen LogP contribution in [0, 0.1) is 0 Å². The predicted octanol–water partition coefficient (Wildman–Crippen LogP) is 4.08. The molecule has 0 amide bonds. The van der Waals surface area contributed by atoms with Gasteiger partial charge in [0.05, 0.1) is 18.4 Å². The zero-order valence-corrected chi connectivity index (χ0v) is 15.1. The van der Waals surface area contributed by atoms with Gasteiger partial charge in [-0.05, 0) is 42.0 Å². The van der Waals surface area contributed by atoms with Crippen LogP contribution >= 0.6 is 11.6 Å². The quantitative estimate of drug-likeness (QED) is 0.627. The Morgan fingerprint density at radius 1 is 1.16 bits per heavy atom. The fraction of sp³-hybridized carbons (Fsp3) is 0.200. The highest BCUT2D eigenvalue weighted by Crippen LogP contribution is 2.15. The van der Waals surface area contributed by atoms with E-state index in [2.05, 4.69) is 4.98 Å². The van der Waals surface area contributed by atoms with E-state index in [-0.39, 0.29) is 5.78 Å². The molecule has 4 nitrogen and oxygen atoms in total. The summed E-state index contributed by atoms with van der Waals surface area (Å²) in [5.41, 5.74) is 3.64. The van der Waals surface area contributed by atoms with Crippen LogP contribution in [0.2, 0.25) is 5.02 Å². The monoisotopic (exact) mass is 353 g/mol. The second-order valence-corrected chi connectivity index (χ2v) is 6.64. The van der Waals surface area contributed by atoms with Crippen LogP contribution in [-0.4, -0.2) is 29.4 Å². The summed E-state index contributed by atoms with van der Waals surface area (Å²) in [6, 6.07) is 15.3. The average Bonchev–Trinajstić information content (AvgIpc) is 3.01. The molecule has 0 saturated heterocycles. The molecular weight excluding hydrogens is 334 g/mol. The SMILES string of the molecule is CN(C)c1ccc(C(=O)Cc2cn(Cc3cccc(Cl)c3)cn2)cc1. The van der Waals surface area contributed by atoms with Crippen LogP contribution < -0.4 is 4.90 Å². The maximum Gasteiger partial charge on any atom is 0.168 e. The first-order chi connectivity index (χ1) is 12.0. The van der Waals surface area contributed by atoms with Gasteiger partial charge >= 0.3 is 0 Å². The summed E-state index contributed by atoms with van der Waals surface area (Å²) in [5.74, 6) is 0.0679. The average molecular weight is 354 g/mol. The number of benzene rings is 2. The van der Waals surface area contributed by atoms with Crippen molar-refractivity contribution in [2.75, 3.05) is 19.0 Å². The van der Waals surface area contributed by atoms with Crippen molar-refractivity contribution in [2.45, 2.75) is 13.0 Å². The summed E-state index contributed by atoms with van der Waals surface area (Å²) in [5, 5.41) is 0.717. The number of nitrogens with zero attached hydrogens (tertiary/aromatic N) is 3. The van der Waals surface area contributed by atoms with Crippen molar-refractivity contribution >= 4 is 23.1 Å². The molecule has 0 bridgehead atoms. The summed E-state index contributed by atoms with van der Waals surface area (Å²) in [4.78, 5) is 18.8. The van der Waals surface area contributed by atoms with Gasteiger partial charge < -0.3 is 9.47 Å². The van der Waals surface area contributed by atoms with Crippen LogP contribution in [0.15, 0.2) is 61.1 Å². The highest BCUT2D eigenvalue weighted by Gasteiger charge is 2.10. The summed E-state index contributed by atoms with van der Waals surface area (Å²) < 4.78 is 1.96. The van der Waals surface area contributed by atoms with E-state index in [1.165, 1.54) is 0 Å². The second kappa shape index (κ2) is 7.53. The molecule has 0 aliphatic heterocycles. The van der Waals surface area contributed by atoms with Crippen LogP contribution in [0.25, 0.3) is 0 Å². The van der Waals surface area contributed by atoms with Gasteiger partial charge in [0.1, 0.15) is 0 Å². The number of ketones is 1. The van der Waals surface area contributed by atoms with Crippen molar-refractivity contribution in [2.24, 2.45) is 0 Å². The summed E-state index contributed by atoms with van der Waals surface area (Å²) in [6.45, 7) is 0.680. The Labute approximate surface area is 152 Å². The molecule has 3 rings (SSSR count). The number of hydrogen-bond acceptors (Lipinski definition) is 3. The maximum absolute atomic E-state index is 12.4. The predicted molar refractivity (Wildman–Crippen MR) is 102 cm³/mol. The van der Waals surface area contributed by atoms with Crippen LogP contribution in [0.5, 0.6) is 0 Å². The van der Waals surface area contributed by atoms with Gasteiger partial charge in [-0.3, -0.25) is 4.79 Å². The largest absolute Gasteiger partial charge is 0.378 e. The lowest BCUT2D eigenvalue weighted by Gasteiger charge is -2.12. The molecule has 0 atom stereocenters. The van der Waals surface area contributed by atoms with E-state index >= 15 is 0 Å². The van der Waals surface area contributed by atoms with E-state index in [0.717, 1.165) is 16.9 Å². The van der Waals surface area contributed by atoms with Crippen molar-refractivity contribution in [1.82, 2.24) is 9.55 Å². The van der Waals surface area contributed by atoms with Gasteiger partial charge in [-0.2, -0.15) is 0 Å². The lowest BCUT2D eigenvalue weighted by atomic mass is 10.1. The molecule has 0 saturated carbocycles. The Bertz CT molecular complexity index is 869. The number of rotatable bonds is 6. The summed E-state index contributed by atoms with van der Waals surface area (Å²) >= 11 is 6.01. The van der Waals surface area contributed by atoms with Crippen molar-refractivity contribution in [3.8, 4) is 0 Å². The molecule has 5 heteroatoms. The van der Waals surface area contributed by atoms with Crippen molar-refractivity contribution < 1.29 is 4.79 Å². The lowest BCUT2D eigenvalue weighted by Crippen LogP contribution is -2.09. The number of halogens is 1. The van der Waals surface area contributed by atoms with Gasteiger partial charge in [-0.25, -0.2) is 4.98 Å². The normalized spacial score (nSPS) is 10.7. The first-order valence-corrected chi connectivity index (χ1v) is 8.45. The van der Waals surface area contributed by atoms with Gasteiger partial charge in [0.15, 0.2) is 5.78 Å². The van der Waals surface area contributed by atoms with Crippen LogP contribution in [0.1, 0.15) is 21.6 Å². The molecule has 1 heterocycles. The van der Waals surface area contributed by atoms with E-state index < -0.39 is 0 Å². The van der Waals surface area contributed by atoms with Crippen LogP contribution in [0.3, 0.4) is 0 Å². The number of carbonyl (C=O) groups excluding carboxylic acids is 1.